The molecule has 0 radical (unpaired) electrons. The van der Waals surface area contributed by atoms with Gasteiger partial charge in [0, 0.05) is 31.7 Å². The average molecular weight is 444 g/mol. The van der Waals surface area contributed by atoms with Crippen molar-refractivity contribution in [3.05, 3.63) is 35.4 Å². The number of halogens is 1. The SMILES string of the molecule is CCNC(=NCc1cccc(C)c1)NC1CCN(C(C)C)CC1.I. The second kappa shape index (κ2) is 10.9. The van der Waals surface area contributed by atoms with E-state index in [1.807, 2.05) is 0 Å². The Morgan fingerprint density at radius 2 is 2.00 bits per heavy atom. The molecule has 0 bridgehead atoms. The fourth-order valence-corrected chi connectivity index (χ4v) is 3.05. The minimum Gasteiger partial charge on any atom is -0.357 e. The normalized spacial score (nSPS) is 16.8. The summed E-state index contributed by atoms with van der Waals surface area (Å²) in [5.41, 5.74) is 2.55. The van der Waals surface area contributed by atoms with E-state index in [-0.39, 0.29) is 24.0 Å². The molecule has 1 heterocycles. The summed E-state index contributed by atoms with van der Waals surface area (Å²) in [5.74, 6) is 0.942. The maximum absolute atomic E-state index is 4.75. The van der Waals surface area contributed by atoms with Crippen LogP contribution < -0.4 is 10.6 Å². The Balaban J connectivity index is 0.00000288. The van der Waals surface area contributed by atoms with Gasteiger partial charge in [0.15, 0.2) is 5.96 Å². The lowest BCUT2D eigenvalue weighted by Crippen LogP contribution is -2.49. The van der Waals surface area contributed by atoms with E-state index in [0.717, 1.165) is 19.0 Å². The van der Waals surface area contributed by atoms with Crippen molar-refractivity contribution in [1.82, 2.24) is 15.5 Å². The summed E-state index contributed by atoms with van der Waals surface area (Å²) in [6.45, 7) is 12.8. The first-order valence-electron chi connectivity index (χ1n) is 8.93. The van der Waals surface area contributed by atoms with Gasteiger partial charge in [-0.15, -0.1) is 24.0 Å². The number of piperidine rings is 1. The number of nitrogens with zero attached hydrogens (tertiary/aromatic N) is 2. The lowest BCUT2D eigenvalue weighted by Gasteiger charge is -2.35. The summed E-state index contributed by atoms with van der Waals surface area (Å²) in [5, 5.41) is 6.99. The molecular weight excluding hydrogens is 411 g/mol. The van der Waals surface area contributed by atoms with E-state index in [2.05, 4.69) is 67.5 Å². The molecule has 1 saturated heterocycles. The molecule has 1 aromatic carbocycles. The molecule has 0 amide bonds. The number of hydrogen-bond donors (Lipinski definition) is 2. The number of likely N-dealkylation sites (tertiary alicyclic amines) is 1. The minimum absolute atomic E-state index is 0. The average Bonchev–Trinajstić information content (AvgIpc) is 2.53. The van der Waals surface area contributed by atoms with Gasteiger partial charge in [-0.25, -0.2) is 4.99 Å². The molecule has 1 aliphatic rings. The fourth-order valence-electron chi connectivity index (χ4n) is 3.05. The lowest BCUT2D eigenvalue weighted by atomic mass is 10.0. The number of rotatable bonds is 5. The third kappa shape index (κ3) is 6.97. The molecule has 24 heavy (non-hydrogen) atoms. The van der Waals surface area contributed by atoms with Gasteiger partial charge in [0.05, 0.1) is 6.54 Å². The summed E-state index contributed by atoms with van der Waals surface area (Å²) >= 11 is 0. The highest BCUT2D eigenvalue weighted by molar-refractivity contribution is 14.0. The van der Waals surface area contributed by atoms with Gasteiger partial charge in [-0.05, 0) is 46.1 Å². The van der Waals surface area contributed by atoms with E-state index >= 15 is 0 Å². The van der Waals surface area contributed by atoms with Crippen molar-refractivity contribution in [2.45, 2.75) is 59.2 Å². The maximum Gasteiger partial charge on any atom is 0.191 e. The van der Waals surface area contributed by atoms with E-state index < -0.39 is 0 Å². The molecule has 1 fully saturated rings. The highest BCUT2D eigenvalue weighted by atomic mass is 127. The van der Waals surface area contributed by atoms with E-state index in [4.69, 9.17) is 4.99 Å². The van der Waals surface area contributed by atoms with Crippen molar-refractivity contribution in [2.24, 2.45) is 4.99 Å². The molecule has 0 aromatic heterocycles. The summed E-state index contributed by atoms with van der Waals surface area (Å²) < 4.78 is 0. The molecule has 136 valence electrons. The Hall–Kier alpha value is -0.820. The Bertz CT molecular complexity index is 508. The predicted molar refractivity (Wildman–Crippen MR) is 114 cm³/mol. The summed E-state index contributed by atoms with van der Waals surface area (Å²) in [7, 11) is 0. The topological polar surface area (TPSA) is 39.7 Å². The van der Waals surface area contributed by atoms with E-state index in [1.54, 1.807) is 0 Å². The molecular formula is C19H33IN4. The van der Waals surface area contributed by atoms with Gasteiger partial charge >= 0.3 is 0 Å². The van der Waals surface area contributed by atoms with Crippen LogP contribution in [0, 0.1) is 6.92 Å². The van der Waals surface area contributed by atoms with Crippen LogP contribution in [0.25, 0.3) is 0 Å². The van der Waals surface area contributed by atoms with Crippen LogP contribution in [-0.4, -0.2) is 42.6 Å². The van der Waals surface area contributed by atoms with Crippen LogP contribution in [-0.2, 0) is 6.54 Å². The highest BCUT2D eigenvalue weighted by Gasteiger charge is 2.21. The molecule has 0 unspecified atom stereocenters. The van der Waals surface area contributed by atoms with Crippen LogP contribution in [0.4, 0.5) is 0 Å². The monoisotopic (exact) mass is 444 g/mol. The molecule has 0 saturated carbocycles. The fraction of sp³-hybridized carbons (Fsp3) is 0.632. The van der Waals surface area contributed by atoms with Gasteiger partial charge in [-0.3, -0.25) is 0 Å². The number of aryl methyl sites for hydroxylation is 1. The minimum atomic E-state index is 0. The van der Waals surface area contributed by atoms with Crippen LogP contribution in [0.1, 0.15) is 44.7 Å². The van der Waals surface area contributed by atoms with Gasteiger partial charge in [-0.2, -0.15) is 0 Å². The summed E-state index contributed by atoms with van der Waals surface area (Å²) in [4.78, 5) is 7.30. The molecule has 0 spiro atoms. The van der Waals surface area contributed by atoms with Crippen molar-refractivity contribution in [2.75, 3.05) is 19.6 Å². The number of hydrogen-bond acceptors (Lipinski definition) is 2. The summed E-state index contributed by atoms with van der Waals surface area (Å²) in [6.07, 6.45) is 2.38. The van der Waals surface area contributed by atoms with Crippen molar-refractivity contribution in [1.29, 1.82) is 0 Å². The van der Waals surface area contributed by atoms with Crippen molar-refractivity contribution in [3.8, 4) is 0 Å². The van der Waals surface area contributed by atoms with Crippen LogP contribution >= 0.6 is 24.0 Å². The zero-order chi connectivity index (χ0) is 16.7. The molecule has 4 nitrogen and oxygen atoms in total. The smallest absolute Gasteiger partial charge is 0.191 e. The predicted octanol–water partition coefficient (Wildman–Crippen LogP) is 3.54. The number of guanidine groups is 1. The maximum atomic E-state index is 4.75. The molecule has 0 atom stereocenters. The van der Waals surface area contributed by atoms with Crippen molar-refractivity contribution < 1.29 is 0 Å². The zero-order valence-electron chi connectivity index (χ0n) is 15.5. The number of aliphatic imine (C=N–C) groups is 1. The van der Waals surface area contributed by atoms with Gasteiger partial charge in [0.25, 0.3) is 0 Å². The van der Waals surface area contributed by atoms with E-state index in [9.17, 15) is 0 Å². The largest absolute Gasteiger partial charge is 0.357 e. The Labute approximate surface area is 164 Å². The van der Waals surface area contributed by atoms with Crippen LogP contribution in [0.15, 0.2) is 29.3 Å². The first-order chi connectivity index (χ1) is 11.1. The first-order valence-corrected chi connectivity index (χ1v) is 8.93. The van der Waals surface area contributed by atoms with Crippen LogP contribution in [0.5, 0.6) is 0 Å². The number of benzene rings is 1. The molecule has 1 aliphatic heterocycles. The van der Waals surface area contributed by atoms with E-state index in [0.29, 0.717) is 12.1 Å². The van der Waals surface area contributed by atoms with E-state index in [1.165, 1.54) is 37.1 Å². The van der Waals surface area contributed by atoms with Gasteiger partial charge in [0.2, 0.25) is 0 Å². The highest BCUT2D eigenvalue weighted by Crippen LogP contribution is 2.13. The van der Waals surface area contributed by atoms with Crippen LogP contribution in [0.2, 0.25) is 0 Å². The van der Waals surface area contributed by atoms with Crippen molar-refractivity contribution in [3.63, 3.8) is 0 Å². The second-order valence-corrected chi connectivity index (χ2v) is 6.73. The Morgan fingerprint density at radius 3 is 2.58 bits per heavy atom. The quantitative estimate of drug-likeness (QED) is 0.415. The van der Waals surface area contributed by atoms with Gasteiger partial charge in [0.1, 0.15) is 0 Å². The third-order valence-corrected chi connectivity index (χ3v) is 4.45. The molecule has 5 heteroatoms. The van der Waals surface area contributed by atoms with Gasteiger partial charge < -0.3 is 15.5 Å². The zero-order valence-corrected chi connectivity index (χ0v) is 17.8. The molecule has 2 rings (SSSR count). The lowest BCUT2D eigenvalue weighted by molar-refractivity contribution is 0.167. The molecule has 2 N–H and O–H groups in total. The summed E-state index contributed by atoms with van der Waals surface area (Å²) in [6, 6.07) is 9.75. The standard InChI is InChI=1S/C19H32N4.HI/c1-5-20-19(21-14-17-8-6-7-16(4)13-17)22-18-9-11-23(12-10-18)15(2)3;/h6-8,13,15,18H,5,9-12,14H2,1-4H3,(H2,20,21,22);1H. The van der Waals surface area contributed by atoms with Gasteiger partial charge in [-0.1, -0.05) is 29.8 Å². The Morgan fingerprint density at radius 1 is 1.29 bits per heavy atom. The van der Waals surface area contributed by atoms with Crippen LogP contribution in [0.3, 0.4) is 0 Å². The second-order valence-electron chi connectivity index (χ2n) is 6.73. The molecule has 1 aromatic rings. The molecule has 0 aliphatic carbocycles. The number of nitrogens with one attached hydrogen (secondary N) is 2. The van der Waals surface area contributed by atoms with Crippen molar-refractivity contribution >= 4 is 29.9 Å². The Kier molecular flexibility index (Phi) is 9.66. The third-order valence-electron chi connectivity index (χ3n) is 4.45. The first kappa shape index (κ1) is 21.2.